The Labute approximate surface area is 180 Å². The first kappa shape index (κ1) is 21.0. The Morgan fingerprint density at radius 1 is 1.00 bits per heavy atom. The number of benzene rings is 2. The van der Waals surface area contributed by atoms with Crippen molar-refractivity contribution >= 4 is 0 Å². The van der Waals surface area contributed by atoms with E-state index in [0.717, 1.165) is 49.8 Å². The van der Waals surface area contributed by atoms with Gasteiger partial charge in [-0.1, -0.05) is 12.1 Å². The van der Waals surface area contributed by atoms with Crippen LogP contribution in [0.15, 0.2) is 36.4 Å². The fraction of sp³-hybridized carbons (Fsp3) is 0.520. The zero-order valence-corrected chi connectivity index (χ0v) is 18.5. The highest BCUT2D eigenvalue weighted by molar-refractivity contribution is 5.48. The van der Waals surface area contributed by atoms with Gasteiger partial charge in [0.25, 0.3) is 0 Å². The molecular formula is C25H34N2O3. The van der Waals surface area contributed by atoms with E-state index in [0.29, 0.717) is 12.6 Å². The van der Waals surface area contributed by atoms with Crippen LogP contribution in [0, 0.1) is 0 Å². The van der Waals surface area contributed by atoms with Crippen molar-refractivity contribution in [3.63, 3.8) is 0 Å². The Kier molecular flexibility index (Phi) is 6.80. The van der Waals surface area contributed by atoms with Crippen molar-refractivity contribution in [1.29, 1.82) is 0 Å². The van der Waals surface area contributed by atoms with Crippen molar-refractivity contribution in [2.75, 3.05) is 40.5 Å². The third-order valence-electron chi connectivity index (χ3n) is 6.36. The molecule has 0 spiro atoms. The average Bonchev–Trinajstić information content (AvgIpc) is 2.78. The highest BCUT2D eigenvalue weighted by atomic mass is 16.5. The number of nitrogens with zero attached hydrogens (tertiary/aromatic N) is 2. The lowest BCUT2D eigenvalue weighted by Crippen LogP contribution is -2.49. The van der Waals surface area contributed by atoms with Gasteiger partial charge in [0.1, 0.15) is 5.75 Å². The first-order chi connectivity index (χ1) is 14.7. The van der Waals surface area contributed by atoms with Crippen LogP contribution in [0.1, 0.15) is 36.5 Å². The second kappa shape index (κ2) is 9.71. The summed E-state index contributed by atoms with van der Waals surface area (Å²) in [6.07, 6.45) is 3.60. The van der Waals surface area contributed by atoms with Crippen LogP contribution < -0.4 is 14.2 Å². The maximum Gasteiger partial charge on any atom is 0.161 e. The molecule has 0 saturated carbocycles. The molecule has 0 N–H and O–H groups in total. The standard InChI is InChI=1S/C25H34N2O3/c1-4-30-23-9-5-7-19(13-23)16-26-11-6-8-22(18-26)27-12-10-20-14-24(28-2)25(29-3)15-21(20)17-27/h5,7,9,13-15,22H,4,6,8,10-12,16-18H2,1-3H3. The monoisotopic (exact) mass is 410 g/mol. The first-order valence-electron chi connectivity index (χ1n) is 11.1. The Morgan fingerprint density at radius 3 is 2.57 bits per heavy atom. The predicted octanol–water partition coefficient (Wildman–Crippen LogP) is 4.13. The van der Waals surface area contributed by atoms with E-state index in [1.165, 1.54) is 36.1 Å². The van der Waals surface area contributed by atoms with Gasteiger partial charge in [-0.15, -0.1) is 0 Å². The van der Waals surface area contributed by atoms with Crippen LogP contribution >= 0.6 is 0 Å². The number of piperidine rings is 1. The average molecular weight is 411 g/mol. The van der Waals surface area contributed by atoms with Gasteiger partial charge >= 0.3 is 0 Å². The van der Waals surface area contributed by atoms with Gasteiger partial charge in [-0.2, -0.15) is 0 Å². The molecule has 2 heterocycles. The smallest absolute Gasteiger partial charge is 0.161 e. The van der Waals surface area contributed by atoms with E-state index in [1.807, 2.05) is 13.0 Å². The summed E-state index contributed by atoms with van der Waals surface area (Å²) in [5.41, 5.74) is 4.10. The van der Waals surface area contributed by atoms with Gasteiger partial charge < -0.3 is 14.2 Å². The van der Waals surface area contributed by atoms with Crippen molar-refractivity contribution in [1.82, 2.24) is 9.80 Å². The molecule has 0 amide bonds. The molecule has 1 saturated heterocycles. The van der Waals surface area contributed by atoms with E-state index in [1.54, 1.807) is 14.2 Å². The van der Waals surface area contributed by atoms with Gasteiger partial charge in [0.05, 0.1) is 20.8 Å². The van der Waals surface area contributed by atoms with Crippen LogP contribution in [0.4, 0.5) is 0 Å². The number of ether oxygens (including phenoxy) is 3. The number of fused-ring (bicyclic) bond motifs is 1. The molecule has 2 aromatic rings. The normalized spacial score (nSPS) is 19.9. The maximum atomic E-state index is 5.67. The van der Waals surface area contributed by atoms with Gasteiger partial charge in [-0.05, 0) is 73.7 Å². The molecule has 0 radical (unpaired) electrons. The molecule has 1 atom stereocenters. The summed E-state index contributed by atoms with van der Waals surface area (Å²) in [4.78, 5) is 5.26. The zero-order valence-electron chi connectivity index (χ0n) is 18.5. The van der Waals surface area contributed by atoms with Crippen molar-refractivity contribution in [3.05, 3.63) is 53.1 Å². The lowest BCUT2D eigenvalue weighted by Gasteiger charge is -2.41. The summed E-state index contributed by atoms with van der Waals surface area (Å²) in [5, 5.41) is 0. The second-order valence-electron chi connectivity index (χ2n) is 8.31. The molecule has 1 fully saturated rings. The van der Waals surface area contributed by atoms with Crippen LogP contribution in [-0.4, -0.2) is 56.3 Å². The minimum absolute atomic E-state index is 0.607. The molecule has 4 rings (SSSR count). The fourth-order valence-electron chi connectivity index (χ4n) is 4.85. The summed E-state index contributed by atoms with van der Waals surface area (Å²) < 4.78 is 16.7. The molecule has 2 aromatic carbocycles. The van der Waals surface area contributed by atoms with Crippen molar-refractivity contribution in [2.24, 2.45) is 0 Å². The first-order valence-corrected chi connectivity index (χ1v) is 11.1. The fourth-order valence-corrected chi connectivity index (χ4v) is 4.85. The minimum Gasteiger partial charge on any atom is -0.494 e. The molecule has 2 aliphatic rings. The summed E-state index contributed by atoms with van der Waals surface area (Å²) in [7, 11) is 3.42. The van der Waals surface area contributed by atoms with E-state index >= 15 is 0 Å². The van der Waals surface area contributed by atoms with Crippen molar-refractivity contribution in [2.45, 2.75) is 45.3 Å². The number of methoxy groups -OCH3 is 2. The minimum atomic E-state index is 0.607. The Bertz CT molecular complexity index is 854. The number of hydrogen-bond donors (Lipinski definition) is 0. The molecular weight excluding hydrogens is 376 g/mol. The lowest BCUT2D eigenvalue weighted by molar-refractivity contribution is 0.0837. The molecule has 2 aliphatic heterocycles. The van der Waals surface area contributed by atoms with Gasteiger partial charge in [-0.25, -0.2) is 0 Å². The summed E-state index contributed by atoms with van der Waals surface area (Å²) in [6, 6.07) is 13.5. The number of hydrogen-bond acceptors (Lipinski definition) is 5. The summed E-state index contributed by atoms with van der Waals surface area (Å²) in [6.45, 7) is 8.14. The van der Waals surface area contributed by atoms with Gasteiger partial charge in [0.2, 0.25) is 0 Å². The molecule has 5 nitrogen and oxygen atoms in total. The number of rotatable bonds is 7. The molecule has 1 unspecified atom stereocenters. The quantitative estimate of drug-likeness (QED) is 0.686. The highest BCUT2D eigenvalue weighted by Gasteiger charge is 2.28. The summed E-state index contributed by atoms with van der Waals surface area (Å²) >= 11 is 0. The molecule has 0 aliphatic carbocycles. The van der Waals surface area contributed by atoms with E-state index in [9.17, 15) is 0 Å². The van der Waals surface area contributed by atoms with Gasteiger partial charge in [0.15, 0.2) is 11.5 Å². The Hall–Kier alpha value is -2.24. The largest absolute Gasteiger partial charge is 0.494 e. The Morgan fingerprint density at radius 2 is 1.80 bits per heavy atom. The molecule has 0 aromatic heterocycles. The predicted molar refractivity (Wildman–Crippen MR) is 120 cm³/mol. The van der Waals surface area contributed by atoms with Crippen molar-refractivity contribution in [3.8, 4) is 17.2 Å². The third-order valence-corrected chi connectivity index (χ3v) is 6.36. The Balaban J connectivity index is 1.41. The van der Waals surface area contributed by atoms with Gasteiger partial charge in [0, 0.05) is 32.2 Å². The van der Waals surface area contributed by atoms with E-state index in [2.05, 4.69) is 40.1 Å². The molecule has 30 heavy (non-hydrogen) atoms. The van der Waals surface area contributed by atoms with Crippen LogP contribution in [0.3, 0.4) is 0 Å². The third kappa shape index (κ3) is 4.73. The van der Waals surface area contributed by atoms with Crippen LogP contribution in [-0.2, 0) is 19.5 Å². The van der Waals surface area contributed by atoms with Crippen LogP contribution in [0.25, 0.3) is 0 Å². The van der Waals surface area contributed by atoms with E-state index in [4.69, 9.17) is 14.2 Å². The topological polar surface area (TPSA) is 34.2 Å². The second-order valence-corrected chi connectivity index (χ2v) is 8.31. The lowest BCUT2D eigenvalue weighted by atomic mass is 9.95. The molecule has 162 valence electrons. The maximum absolute atomic E-state index is 5.67. The van der Waals surface area contributed by atoms with E-state index in [-0.39, 0.29) is 0 Å². The van der Waals surface area contributed by atoms with E-state index < -0.39 is 0 Å². The van der Waals surface area contributed by atoms with Gasteiger partial charge in [-0.3, -0.25) is 9.80 Å². The molecule has 0 bridgehead atoms. The highest BCUT2D eigenvalue weighted by Crippen LogP contribution is 2.34. The zero-order chi connectivity index (χ0) is 20.9. The van der Waals surface area contributed by atoms with Crippen LogP contribution in [0.5, 0.6) is 17.2 Å². The number of likely N-dealkylation sites (tertiary alicyclic amines) is 1. The summed E-state index contributed by atoms with van der Waals surface area (Å²) in [5.74, 6) is 2.64. The van der Waals surface area contributed by atoms with Crippen LogP contribution in [0.2, 0.25) is 0 Å². The SMILES string of the molecule is CCOc1cccc(CN2CCCC(N3CCc4cc(OC)c(OC)cc4C3)C2)c1. The molecule has 5 heteroatoms. The van der Waals surface area contributed by atoms with Crippen molar-refractivity contribution < 1.29 is 14.2 Å².